The molecule has 4 rings (SSSR count). The van der Waals surface area contributed by atoms with Gasteiger partial charge in [0.05, 0.1) is 18.2 Å². The summed E-state index contributed by atoms with van der Waals surface area (Å²) < 4.78 is 40.7. The first-order valence-corrected chi connectivity index (χ1v) is 7.63. The number of carbonyl (C=O) groups excluding carboxylic acids is 1. The first kappa shape index (κ1) is 16.1. The van der Waals surface area contributed by atoms with Crippen LogP contribution in [0.4, 0.5) is 13.2 Å². The van der Waals surface area contributed by atoms with Crippen LogP contribution in [0.1, 0.15) is 16.2 Å². The van der Waals surface area contributed by atoms with Gasteiger partial charge in [-0.3, -0.25) is 4.79 Å². The summed E-state index contributed by atoms with van der Waals surface area (Å²) in [4.78, 5) is 18.6. The second-order valence-electron chi connectivity index (χ2n) is 5.62. The average molecular weight is 356 g/mol. The number of benzene rings is 2. The third-order valence-corrected chi connectivity index (χ3v) is 3.99. The van der Waals surface area contributed by atoms with Gasteiger partial charge in [-0.1, -0.05) is 42.5 Å². The van der Waals surface area contributed by atoms with E-state index < -0.39 is 17.8 Å². The summed E-state index contributed by atoms with van der Waals surface area (Å²) in [6.07, 6.45) is -2.36. The van der Waals surface area contributed by atoms with Crippen molar-refractivity contribution in [3.8, 4) is 11.3 Å². The van der Waals surface area contributed by atoms with Crippen LogP contribution >= 0.6 is 0 Å². The van der Waals surface area contributed by atoms with Crippen LogP contribution in [0, 0.1) is 0 Å². The average Bonchev–Trinajstić information content (AvgIpc) is 3.30. The molecule has 0 spiro atoms. The number of H-pyrrole nitrogens is 1. The van der Waals surface area contributed by atoms with Crippen molar-refractivity contribution >= 4 is 16.7 Å². The molecule has 0 aliphatic rings. The SMILES string of the molecule is O=C(c1cnc[nH]1)n1nc(-c2cccc3ccccc23)cc1C(F)(F)F. The third kappa shape index (κ3) is 2.65. The Labute approximate surface area is 145 Å². The second-order valence-corrected chi connectivity index (χ2v) is 5.62. The molecule has 2 aromatic carbocycles. The number of alkyl halides is 3. The molecule has 0 saturated carbocycles. The van der Waals surface area contributed by atoms with Gasteiger partial charge in [0.2, 0.25) is 0 Å². The summed E-state index contributed by atoms with van der Waals surface area (Å²) >= 11 is 0. The number of imidazole rings is 1. The molecule has 2 heterocycles. The number of nitrogens with one attached hydrogen (secondary N) is 1. The molecule has 0 radical (unpaired) electrons. The van der Waals surface area contributed by atoms with E-state index in [1.165, 1.54) is 6.33 Å². The summed E-state index contributed by atoms with van der Waals surface area (Å²) in [7, 11) is 0. The maximum Gasteiger partial charge on any atom is 0.433 e. The monoisotopic (exact) mass is 356 g/mol. The molecule has 5 nitrogen and oxygen atoms in total. The van der Waals surface area contributed by atoms with E-state index in [1.54, 1.807) is 24.3 Å². The standard InChI is InChI=1S/C18H11F3N4O/c19-18(20,21)16-8-14(24-25(16)17(26)15-9-22-10-23-15)13-7-3-5-11-4-1-2-6-12(11)13/h1-10H,(H,22,23). The third-order valence-electron chi connectivity index (χ3n) is 3.99. The molecule has 0 bridgehead atoms. The predicted octanol–water partition coefficient (Wildman–Crippen LogP) is 4.13. The number of aromatic amines is 1. The van der Waals surface area contributed by atoms with Crippen LogP contribution in [0.2, 0.25) is 0 Å². The van der Waals surface area contributed by atoms with E-state index in [1.807, 2.05) is 18.2 Å². The lowest BCUT2D eigenvalue weighted by atomic mass is 10.0. The van der Waals surface area contributed by atoms with Crippen LogP contribution in [0.3, 0.4) is 0 Å². The van der Waals surface area contributed by atoms with E-state index in [-0.39, 0.29) is 11.4 Å². The smallest absolute Gasteiger partial charge is 0.341 e. The zero-order valence-corrected chi connectivity index (χ0v) is 13.2. The minimum Gasteiger partial charge on any atom is -0.341 e. The maximum atomic E-state index is 13.5. The summed E-state index contributed by atoms with van der Waals surface area (Å²) in [6, 6.07) is 13.4. The van der Waals surface area contributed by atoms with Crippen molar-refractivity contribution in [3.05, 3.63) is 72.4 Å². The molecule has 0 aliphatic carbocycles. The quantitative estimate of drug-likeness (QED) is 0.587. The van der Waals surface area contributed by atoms with Gasteiger partial charge < -0.3 is 4.98 Å². The van der Waals surface area contributed by atoms with Crippen molar-refractivity contribution in [1.29, 1.82) is 0 Å². The topological polar surface area (TPSA) is 63.6 Å². The number of nitrogens with zero attached hydrogens (tertiary/aromatic N) is 3. The van der Waals surface area contributed by atoms with Crippen LogP contribution in [-0.4, -0.2) is 25.7 Å². The Kier molecular flexibility index (Phi) is 3.61. The van der Waals surface area contributed by atoms with E-state index in [0.29, 0.717) is 10.2 Å². The Morgan fingerprint density at radius 2 is 1.85 bits per heavy atom. The van der Waals surface area contributed by atoms with Gasteiger partial charge in [0.25, 0.3) is 5.91 Å². The first-order valence-electron chi connectivity index (χ1n) is 7.63. The molecule has 4 aromatic rings. The summed E-state index contributed by atoms with van der Waals surface area (Å²) in [5, 5.41) is 5.57. The molecule has 0 fully saturated rings. The first-order chi connectivity index (χ1) is 12.4. The molecule has 0 saturated heterocycles. The van der Waals surface area contributed by atoms with Gasteiger partial charge in [0.15, 0.2) is 5.69 Å². The van der Waals surface area contributed by atoms with Gasteiger partial charge in [-0.25, -0.2) is 4.98 Å². The minimum absolute atomic E-state index is 0.0713. The van der Waals surface area contributed by atoms with Crippen LogP contribution in [0.15, 0.2) is 61.1 Å². The Hall–Kier alpha value is -3.42. The Morgan fingerprint density at radius 3 is 2.58 bits per heavy atom. The van der Waals surface area contributed by atoms with Crippen molar-refractivity contribution in [1.82, 2.24) is 19.7 Å². The van der Waals surface area contributed by atoms with Gasteiger partial charge in [-0.2, -0.15) is 23.0 Å². The Morgan fingerprint density at radius 1 is 1.08 bits per heavy atom. The summed E-state index contributed by atoms with van der Waals surface area (Å²) in [5.74, 6) is -0.929. The van der Waals surface area contributed by atoms with E-state index in [4.69, 9.17) is 0 Å². The van der Waals surface area contributed by atoms with Crippen LogP contribution in [-0.2, 0) is 6.18 Å². The lowest BCUT2D eigenvalue weighted by Crippen LogP contribution is -2.22. The van der Waals surface area contributed by atoms with Crippen molar-refractivity contribution in [2.45, 2.75) is 6.18 Å². The Balaban J connectivity index is 1.92. The number of hydrogen-bond donors (Lipinski definition) is 1. The molecule has 0 amide bonds. The molecular weight excluding hydrogens is 345 g/mol. The zero-order valence-electron chi connectivity index (χ0n) is 13.2. The molecule has 8 heteroatoms. The zero-order chi connectivity index (χ0) is 18.3. The second kappa shape index (κ2) is 5.83. The largest absolute Gasteiger partial charge is 0.433 e. The van der Waals surface area contributed by atoms with Gasteiger partial charge in [0, 0.05) is 5.56 Å². The highest BCUT2D eigenvalue weighted by Gasteiger charge is 2.38. The van der Waals surface area contributed by atoms with Gasteiger partial charge in [0.1, 0.15) is 5.69 Å². The highest BCUT2D eigenvalue weighted by Crippen LogP contribution is 2.34. The number of halogens is 3. The molecule has 0 aliphatic heterocycles. The number of rotatable bonds is 2. The van der Waals surface area contributed by atoms with Gasteiger partial charge >= 0.3 is 6.18 Å². The maximum absolute atomic E-state index is 13.5. The number of carbonyl (C=O) groups is 1. The minimum atomic E-state index is -4.73. The highest BCUT2D eigenvalue weighted by atomic mass is 19.4. The fourth-order valence-corrected chi connectivity index (χ4v) is 2.81. The molecular formula is C18H11F3N4O. The lowest BCUT2D eigenvalue weighted by Gasteiger charge is -2.07. The number of hydrogen-bond acceptors (Lipinski definition) is 3. The van der Waals surface area contributed by atoms with Crippen LogP contribution < -0.4 is 0 Å². The molecule has 130 valence electrons. The van der Waals surface area contributed by atoms with Crippen LogP contribution in [0.25, 0.3) is 22.0 Å². The fourth-order valence-electron chi connectivity index (χ4n) is 2.81. The molecule has 26 heavy (non-hydrogen) atoms. The molecule has 2 aromatic heterocycles. The molecule has 1 N–H and O–H groups in total. The van der Waals surface area contributed by atoms with E-state index in [0.717, 1.165) is 23.0 Å². The van der Waals surface area contributed by atoms with Crippen molar-refractivity contribution in [3.63, 3.8) is 0 Å². The van der Waals surface area contributed by atoms with E-state index in [2.05, 4.69) is 15.1 Å². The molecule has 0 unspecified atom stereocenters. The number of fused-ring (bicyclic) bond motifs is 1. The van der Waals surface area contributed by atoms with Crippen molar-refractivity contribution in [2.24, 2.45) is 0 Å². The summed E-state index contributed by atoms with van der Waals surface area (Å²) in [6.45, 7) is 0. The summed E-state index contributed by atoms with van der Waals surface area (Å²) in [5.41, 5.74) is -0.630. The van der Waals surface area contributed by atoms with E-state index >= 15 is 0 Å². The van der Waals surface area contributed by atoms with Crippen molar-refractivity contribution < 1.29 is 18.0 Å². The van der Waals surface area contributed by atoms with Gasteiger partial charge in [-0.05, 0) is 16.8 Å². The normalized spacial score (nSPS) is 11.8. The van der Waals surface area contributed by atoms with Crippen molar-refractivity contribution in [2.75, 3.05) is 0 Å². The van der Waals surface area contributed by atoms with Crippen LogP contribution in [0.5, 0.6) is 0 Å². The lowest BCUT2D eigenvalue weighted by molar-refractivity contribution is -0.143. The number of aromatic nitrogens is 4. The van der Waals surface area contributed by atoms with E-state index in [9.17, 15) is 18.0 Å². The van der Waals surface area contributed by atoms with Gasteiger partial charge in [-0.15, -0.1) is 0 Å². The highest BCUT2D eigenvalue weighted by molar-refractivity contribution is 5.97. The predicted molar refractivity (Wildman–Crippen MR) is 88.5 cm³/mol. The fraction of sp³-hybridized carbons (Fsp3) is 0.0556. The molecule has 0 atom stereocenters. The Bertz CT molecular complexity index is 1090.